The first kappa shape index (κ1) is 10.3. The molecule has 1 saturated heterocycles. The zero-order chi connectivity index (χ0) is 11.0. The van der Waals surface area contributed by atoms with E-state index in [0.29, 0.717) is 0 Å². The fourth-order valence-corrected chi connectivity index (χ4v) is 3.44. The molecule has 3 rings (SSSR count). The second kappa shape index (κ2) is 3.86. The summed E-state index contributed by atoms with van der Waals surface area (Å²) in [5, 5.41) is 5.48. The maximum absolute atomic E-state index is 6.22. The normalized spacial score (nSPS) is 25.4. The third-order valence-corrected chi connectivity index (χ3v) is 4.44. The van der Waals surface area contributed by atoms with Crippen LogP contribution >= 0.6 is 11.3 Å². The number of ether oxygens (including phenoxy) is 1. The van der Waals surface area contributed by atoms with Crippen molar-refractivity contribution in [3.63, 3.8) is 0 Å². The Bertz CT molecular complexity index is 418. The highest BCUT2D eigenvalue weighted by atomic mass is 32.1. The van der Waals surface area contributed by atoms with Crippen LogP contribution < -0.4 is 10.1 Å². The van der Waals surface area contributed by atoms with E-state index in [4.69, 9.17) is 4.74 Å². The quantitative estimate of drug-likeness (QED) is 0.748. The predicted molar refractivity (Wildman–Crippen MR) is 66.9 cm³/mol. The van der Waals surface area contributed by atoms with Gasteiger partial charge in [0.15, 0.2) is 0 Å². The molecule has 3 nitrogen and oxygen atoms in total. The van der Waals surface area contributed by atoms with E-state index in [0.717, 1.165) is 38.1 Å². The molecule has 4 heteroatoms. The number of thiophene rings is 1. The largest absolute Gasteiger partial charge is 0.485 e. The van der Waals surface area contributed by atoms with Crippen molar-refractivity contribution in [1.82, 2.24) is 5.32 Å². The molecule has 86 valence electrons. The van der Waals surface area contributed by atoms with Crippen LogP contribution in [0.15, 0.2) is 16.4 Å². The van der Waals surface area contributed by atoms with Gasteiger partial charge in [-0.15, -0.1) is 11.3 Å². The van der Waals surface area contributed by atoms with Gasteiger partial charge in [0, 0.05) is 26.3 Å². The van der Waals surface area contributed by atoms with Gasteiger partial charge in [0.05, 0.1) is 10.6 Å². The molecule has 1 aromatic rings. The molecule has 0 saturated carbocycles. The van der Waals surface area contributed by atoms with Gasteiger partial charge in [0.25, 0.3) is 0 Å². The number of nitrogens with one attached hydrogen (secondary N) is 1. The number of hydrogen-bond donors (Lipinski definition) is 1. The van der Waals surface area contributed by atoms with E-state index >= 15 is 0 Å². The molecule has 0 radical (unpaired) electrons. The average Bonchev–Trinajstić information content (AvgIpc) is 2.76. The smallest absolute Gasteiger partial charge is 0.139 e. The average molecular weight is 236 g/mol. The first-order chi connectivity index (χ1) is 7.83. The van der Waals surface area contributed by atoms with E-state index in [1.54, 1.807) is 11.3 Å². The molecule has 0 aromatic carbocycles. The van der Waals surface area contributed by atoms with Crippen LogP contribution in [0.25, 0.3) is 0 Å². The molecule has 1 N–H and O–H groups in total. The SMILES string of the molecule is C/N=C1/CC2(CCNCC2)Oc2ccsc21. The van der Waals surface area contributed by atoms with Gasteiger partial charge in [-0.25, -0.2) is 0 Å². The van der Waals surface area contributed by atoms with Crippen LogP contribution in [0.1, 0.15) is 24.1 Å². The Labute approximate surface area is 99.5 Å². The molecule has 2 aliphatic rings. The Morgan fingerprint density at radius 3 is 3.00 bits per heavy atom. The Kier molecular flexibility index (Phi) is 2.48. The summed E-state index contributed by atoms with van der Waals surface area (Å²) in [6, 6.07) is 2.08. The second-order valence-electron chi connectivity index (χ2n) is 4.50. The highest BCUT2D eigenvalue weighted by Gasteiger charge is 2.40. The summed E-state index contributed by atoms with van der Waals surface area (Å²) >= 11 is 1.73. The van der Waals surface area contributed by atoms with Crippen molar-refractivity contribution in [3.05, 3.63) is 16.3 Å². The third kappa shape index (κ3) is 1.57. The summed E-state index contributed by atoms with van der Waals surface area (Å²) in [6.07, 6.45) is 3.14. The number of fused-ring (bicyclic) bond motifs is 1. The summed E-state index contributed by atoms with van der Waals surface area (Å²) in [6.45, 7) is 2.10. The molecule has 16 heavy (non-hydrogen) atoms. The molecule has 1 spiro atoms. The van der Waals surface area contributed by atoms with E-state index in [1.807, 2.05) is 7.05 Å². The first-order valence-corrected chi connectivity index (χ1v) is 6.64. The number of nitrogens with zero attached hydrogens (tertiary/aromatic N) is 1. The van der Waals surface area contributed by atoms with Gasteiger partial charge in [0.2, 0.25) is 0 Å². The monoisotopic (exact) mass is 236 g/mol. The van der Waals surface area contributed by atoms with Crippen LogP contribution in [0.3, 0.4) is 0 Å². The molecular weight excluding hydrogens is 220 g/mol. The second-order valence-corrected chi connectivity index (χ2v) is 5.41. The van der Waals surface area contributed by atoms with Crippen molar-refractivity contribution in [2.24, 2.45) is 4.99 Å². The summed E-state index contributed by atoms with van der Waals surface area (Å²) < 4.78 is 6.22. The molecule has 1 fully saturated rings. The van der Waals surface area contributed by atoms with Gasteiger partial charge in [-0.05, 0) is 24.5 Å². The fourth-order valence-electron chi connectivity index (χ4n) is 2.58. The molecule has 0 unspecified atom stereocenters. The Hall–Kier alpha value is -0.870. The van der Waals surface area contributed by atoms with Crippen molar-refractivity contribution in [1.29, 1.82) is 0 Å². The van der Waals surface area contributed by atoms with Gasteiger partial charge in [0.1, 0.15) is 11.4 Å². The van der Waals surface area contributed by atoms with E-state index in [-0.39, 0.29) is 5.60 Å². The van der Waals surface area contributed by atoms with E-state index in [2.05, 4.69) is 21.8 Å². The fraction of sp³-hybridized carbons (Fsp3) is 0.583. The number of hydrogen-bond acceptors (Lipinski definition) is 4. The maximum atomic E-state index is 6.22. The molecule has 0 bridgehead atoms. The lowest BCUT2D eigenvalue weighted by Gasteiger charge is -2.41. The number of aliphatic imine (C=N–C) groups is 1. The zero-order valence-corrected chi connectivity index (χ0v) is 10.3. The van der Waals surface area contributed by atoms with Crippen LogP contribution in [0.2, 0.25) is 0 Å². The standard InChI is InChI=1S/C12H16N2OS/c1-13-9-8-12(3-5-14-6-4-12)15-10-2-7-16-11(9)10/h2,7,14H,3-6,8H2,1H3/b13-9-. The van der Waals surface area contributed by atoms with Crippen molar-refractivity contribution in [2.75, 3.05) is 20.1 Å². The highest BCUT2D eigenvalue weighted by molar-refractivity contribution is 7.12. The summed E-state index contributed by atoms with van der Waals surface area (Å²) in [5.74, 6) is 1.04. The summed E-state index contributed by atoms with van der Waals surface area (Å²) in [7, 11) is 1.89. The predicted octanol–water partition coefficient (Wildman–Crippen LogP) is 2.07. The van der Waals surface area contributed by atoms with Crippen LogP contribution in [-0.2, 0) is 0 Å². The van der Waals surface area contributed by atoms with Gasteiger partial charge in [-0.2, -0.15) is 0 Å². The van der Waals surface area contributed by atoms with Crippen LogP contribution in [0, 0.1) is 0 Å². The number of piperidine rings is 1. The van der Waals surface area contributed by atoms with Crippen molar-refractivity contribution in [2.45, 2.75) is 24.9 Å². The summed E-state index contributed by atoms with van der Waals surface area (Å²) in [4.78, 5) is 5.67. The highest BCUT2D eigenvalue weighted by Crippen LogP contribution is 2.40. The molecule has 1 aromatic heterocycles. The number of rotatable bonds is 0. The topological polar surface area (TPSA) is 33.6 Å². The Balaban J connectivity index is 1.97. The van der Waals surface area contributed by atoms with Crippen molar-refractivity contribution < 1.29 is 4.74 Å². The zero-order valence-electron chi connectivity index (χ0n) is 9.45. The molecule has 0 aliphatic carbocycles. The van der Waals surface area contributed by atoms with Crippen LogP contribution in [0.5, 0.6) is 5.75 Å². The molecular formula is C12H16N2OS. The van der Waals surface area contributed by atoms with Gasteiger partial charge in [-0.3, -0.25) is 4.99 Å². The van der Waals surface area contributed by atoms with E-state index < -0.39 is 0 Å². The van der Waals surface area contributed by atoms with Gasteiger partial charge < -0.3 is 10.1 Å². The Morgan fingerprint density at radius 1 is 1.44 bits per heavy atom. The minimum atomic E-state index is 0.00810. The van der Waals surface area contributed by atoms with E-state index in [9.17, 15) is 0 Å². The lowest BCUT2D eigenvalue weighted by atomic mass is 9.84. The first-order valence-electron chi connectivity index (χ1n) is 5.76. The van der Waals surface area contributed by atoms with E-state index in [1.165, 1.54) is 10.6 Å². The Morgan fingerprint density at radius 2 is 2.25 bits per heavy atom. The van der Waals surface area contributed by atoms with Crippen LogP contribution in [0.4, 0.5) is 0 Å². The lowest BCUT2D eigenvalue weighted by Crippen LogP contribution is -2.49. The minimum Gasteiger partial charge on any atom is -0.485 e. The molecule has 0 atom stereocenters. The van der Waals surface area contributed by atoms with Gasteiger partial charge in [-0.1, -0.05) is 0 Å². The molecule has 3 heterocycles. The van der Waals surface area contributed by atoms with Crippen molar-refractivity contribution in [3.8, 4) is 5.75 Å². The summed E-state index contributed by atoms with van der Waals surface area (Å²) in [5.41, 5.74) is 1.23. The molecule has 0 amide bonds. The molecule has 2 aliphatic heterocycles. The lowest BCUT2D eigenvalue weighted by molar-refractivity contribution is 0.0395. The maximum Gasteiger partial charge on any atom is 0.139 e. The van der Waals surface area contributed by atoms with Gasteiger partial charge >= 0.3 is 0 Å². The third-order valence-electron chi connectivity index (χ3n) is 3.49. The minimum absolute atomic E-state index is 0.00810. The van der Waals surface area contributed by atoms with Crippen molar-refractivity contribution >= 4 is 17.0 Å². The van der Waals surface area contributed by atoms with Crippen LogP contribution in [-0.4, -0.2) is 31.4 Å².